The highest BCUT2D eigenvalue weighted by molar-refractivity contribution is 5.76. The van der Waals surface area contributed by atoms with E-state index in [1.165, 1.54) is 23.4 Å². The monoisotopic (exact) mass is 343 g/mol. The summed E-state index contributed by atoms with van der Waals surface area (Å²) in [6.45, 7) is 9.39. The van der Waals surface area contributed by atoms with Crippen LogP contribution in [-0.4, -0.2) is 4.98 Å². The number of allylic oxidation sites excluding steroid dienone is 4. The second-order valence-electron chi connectivity index (χ2n) is 8.56. The van der Waals surface area contributed by atoms with Gasteiger partial charge in [-0.3, -0.25) is 0 Å². The molecule has 3 atom stereocenters. The van der Waals surface area contributed by atoms with Gasteiger partial charge >= 0.3 is 0 Å². The quantitative estimate of drug-likeness (QED) is 0.683. The Morgan fingerprint density at radius 1 is 1.23 bits per heavy atom. The fourth-order valence-electron chi connectivity index (χ4n) is 5.66. The van der Waals surface area contributed by atoms with E-state index >= 15 is 0 Å². The Bertz CT molecular complexity index is 969. The lowest BCUT2D eigenvalue weighted by molar-refractivity contribution is -0.749. The van der Waals surface area contributed by atoms with Crippen molar-refractivity contribution in [2.45, 2.75) is 52.5 Å². The van der Waals surface area contributed by atoms with Crippen LogP contribution in [0, 0.1) is 18.3 Å². The molecule has 26 heavy (non-hydrogen) atoms. The van der Waals surface area contributed by atoms with E-state index in [4.69, 9.17) is 4.98 Å². The van der Waals surface area contributed by atoms with Crippen LogP contribution >= 0.6 is 0 Å². The number of aromatic nitrogens is 2. The van der Waals surface area contributed by atoms with Crippen molar-refractivity contribution < 1.29 is 4.57 Å². The fraction of sp³-hybridized carbons (Fsp3) is 0.417. The Labute approximate surface area is 156 Å². The van der Waals surface area contributed by atoms with E-state index in [9.17, 15) is 0 Å². The molecule has 2 heterocycles. The molecule has 0 N–H and O–H groups in total. The maximum atomic E-state index is 5.04. The lowest BCUT2D eigenvalue weighted by Crippen LogP contribution is -2.56. The first kappa shape index (κ1) is 16.0. The minimum Gasteiger partial charge on any atom is -0.240 e. The van der Waals surface area contributed by atoms with E-state index in [0.717, 1.165) is 18.5 Å². The van der Waals surface area contributed by atoms with E-state index in [1.54, 1.807) is 11.1 Å². The summed E-state index contributed by atoms with van der Waals surface area (Å²) in [6, 6.07) is 10.6. The average Bonchev–Trinajstić information content (AvgIpc) is 3.31. The molecular weight excluding hydrogens is 316 g/mol. The van der Waals surface area contributed by atoms with Crippen LogP contribution in [0.1, 0.15) is 51.4 Å². The summed E-state index contributed by atoms with van der Waals surface area (Å²) < 4.78 is 2.62. The first-order valence-electron chi connectivity index (χ1n) is 9.92. The van der Waals surface area contributed by atoms with Gasteiger partial charge in [0.2, 0.25) is 5.69 Å². The lowest BCUT2D eigenvalue weighted by Gasteiger charge is -2.33. The van der Waals surface area contributed by atoms with Gasteiger partial charge in [-0.1, -0.05) is 56.3 Å². The molecule has 0 saturated heterocycles. The molecular formula is C24H27N2+. The molecule has 5 rings (SSSR count). The van der Waals surface area contributed by atoms with Crippen LogP contribution in [-0.2, 0) is 5.54 Å². The van der Waals surface area contributed by atoms with Crippen molar-refractivity contribution >= 4 is 5.57 Å². The third-order valence-electron chi connectivity index (χ3n) is 7.19. The van der Waals surface area contributed by atoms with Crippen LogP contribution in [0.2, 0.25) is 0 Å². The summed E-state index contributed by atoms with van der Waals surface area (Å²) in [4.78, 5) is 5.04. The van der Waals surface area contributed by atoms with Crippen molar-refractivity contribution in [3.8, 4) is 11.3 Å². The highest BCUT2D eigenvalue weighted by Crippen LogP contribution is 2.69. The molecule has 1 aliphatic heterocycles. The molecule has 0 spiro atoms. The first-order chi connectivity index (χ1) is 12.5. The number of aryl methyl sites for hydroxylation is 1. The zero-order chi connectivity index (χ0) is 18.1. The Morgan fingerprint density at radius 3 is 2.73 bits per heavy atom. The number of hydrogen-bond acceptors (Lipinski definition) is 1. The van der Waals surface area contributed by atoms with Crippen LogP contribution in [0.5, 0.6) is 0 Å². The molecule has 1 fully saturated rings. The number of nitrogens with zero attached hydrogens (tertiary/aromatic N) is 2. The van der Waals surface area contributed by atoms with Crippen LogP contribution in [0.4, 0.5) is 0 Å². The number of fused-ring (bicyclic) bond motifs is 5. The minimum atomic E-state index is 0.208. The van der Waals surface area contributed by atoms with E-state index in [0.29, 0.717) is 5.92 Å². The van der Waals surface area contributed by atoms with Crippen LogP contribution < -0.4 is 4.57 Å². The van der Waals surface area contributed by atoms with Crippen molar-refractivity contribution in [3.63, 3.8) is 0 Å². The molecule has 0 radical (unpaired) electrons. The second kappa shape index (κ2) is 5.16. The van der Waals surface area contributed by atoms with Crippen molar-refractivity contribution in [2.24, 2.45) is 11.3 Å². The van der Waals surface area contributed by atoms with Gasteiger partial charge in [0.25, 0.3) is 0 Å². The summed E-state index contributed by atoms with van der Waals surface area (Å²) in [7, 11) is 0. The van der Waals surface area contributed by atoms with Crippen molar-refractivity contribution in [2.75, 3.05) is 0 Å². The standard InChI is InChI=1S/C24H27N2/c1-5-24-15-23(24,4)19-13-9-10-16(2)21(19)22-17(3)25-20(14-26(22)24)18-11-7-6-8-12-18/h6-9,11-14,16H,5,10,15H2,1-4H3/q+1. The SMILES string of the molecule is CCC12CC1(C)C1=C(c3c(C)nc(-c4ccccc4)c[n+]32)C(C)CC=C1. The maximum absolute atomic E-state index is 5.04. The van der Waals surface area contributed by atoms with E-state index in [2.05, 4.69) is 80.9 Å². The largest absolute Gasteiger partial charge is 0.240 e. The zero-order valence-corrected chi connectivity index (χ0v) is 16.2. The van der Waals surface area contributed by atoms with E-state index in [-0.39, 0.29) is 11.0 Å². The molecule has 2 nitrogen and oxygen atoms in total. The summed E-state index contributed by atoms with van der Waals surface area (Å²) >= 11 is 0. The highest BCUT2D eigenvalue weighted by atomic mass is 15.2. The molecule has 0 amide bonds. The molecule has 3 aliphatic rings. The van der Waals surface area contributed by atoms with Gasteiger partial charge in [0, 0.05) is 24.0 Å². The van der Waals surface area contributed by atoms with Gasteiger partial charge in [0.15, 0.2) is 11.7 Å². The number of benzene rings is 1. The fourth-order valence-corrected chi connectivity index (χ4v) is 5.66. The predicted octanol–water partition coefficient (Wildman–Crippen LogP) is 5.22. The second-order valence-corrected chi connectivity index (χ2v) is 8.56. The topological polar surface area (TPSA) is 16.8 Å². The van der Waals surface area contributed by atoms with Gasteiger partial charge in [-0.05, 0) is 31.8 Å². The summed E-state index contributed by atoms with van der Waals surface area (Å²) in [5, 5.41) is 0. The van der Waals surface area contributed by atoms with Gasteiger partial charge in [0.1, 0.15) is 11.4 Å². The summed E-state index contributed by atoms with van der Waals surface area (Å²) in [6.07, 6.45) is 10.7. The Morgan fingerprint density at radius 2 is 2.00 bits per heavy atom. The van der Waals surface area contributed by atoms with Crippen molar-refractivity contribution in [1.82, 2.24) is 4.98 Å². The molecule has 3 unspecified atom stereocenters. The molecule has 132 valence electrons. The van der Waals surface area contributed by atoms with E-state index < -0.39 is 0 Å². The third-order valence-corrected chi connectivity index (χ3v) is 7.19. The van der Waals surface area contributed by atoms with Crippen molar-refractivity contribution in [3.05, 3.63) is 65.6 Å². The van der Waals surface area contributed by atoms with Crippen LogP contribution in [0.25, 0.3) is 16.8 Å². The maximum Gasteiger partial charge on any atom is 0.230 e. The molecule has 2 aromatic rings. The van der Waals surface area contributed by atoms with Crippen molar-refractivity contribution in [1.29, 1.82) is 0 Å². The highest BCUT2D eigenvalue weighted by Gasteiger charge is 2.76. The Balaban J connectivity index is 1.82. The predicted molar refractivity (Wildman–Crippen MR) is 105 cm³/mol. The summed E-state index contributed by atoms with van der Waals surface area (Å²) in [5.41, 5.74) is 8.45. The Kier molecular flexibility index (Phi) is 3.17. The number of rotatable bonds is 2. The smallest absolute Gasteiger partial charge is 0.230 e. The van der Waals surface area contributed by atoms with Gasteiger partial charge in [0.05, 0.1) is 5.41 Å². The average molecular weight is 343 g/mol. The van der Waals surface area contributed by atoms with Gasteiger partial charge in [-0.25, -0.2) is 4.98 Å². The van der Waals surface area contributed by atoms with Gasteiger partial charge < -0.3 is 0 Å². The normalized spacial score (nSPS) is 31.3. The third kappa shape index (κ3) is 1.83. The molecule has 1 aromatic carbocycles. The molecule has 2 aliphatic carbocycles. The Hall–Kier alpha value is -2.22. The van der Waals surface area contributed by atoms with Crippen LogP contribution in [0.15, 0.2) is 54.3 Å². The summed E-state index contributed by atoms with van der Waals surface area (Å²) in [5.74, 6) is 0.566. The number of hydrogen-bond donors (Lipinski definition) is 0. The minimum absolute atomic E-state index is 0.208. The van der Waals surface area contributed by atoms with Gasteiger partial charge in [-0.15, -0.1) is 0 Å². The molecule has 1 saturated carbocycles. The van der Waals surface area contributed by atoms with Crippen LogP contribution in [0.3, 0.4) is 0 Å². The lowest BCUT2D eigenvalue weighted by atomic mass is 9.75. The van der Waals surface area contributed by atoms with E-state index in [1.807, 2.05) is 0 Å². The molecule has 2 heteroatoms. The van der Waals surface area contributed by atoms with Gasteiger partial charge in [-0.2, -0.15) is 4.57 Å². The molecule has 0 bridgehead atoms. The molecule has 1 aromatic heterocycles. The first-order valence-corrected chi connectivity index (χ1v) is 9.92. The zero-order valence-electron chi connectivity index (χ0n) is 16.2.